The van der Waals surface area contributed by atoms with Crippen molar-refractivity contribution < 1.29 is 25.2 Å². The zero-order valence-corrected chi connectivity index (χ0v) is 15.0. The van der Waals surface area contributed by atoms with E-state index < -0.39 is 24.3 Å². The molecule has 0 saturated heterocycles. The molecule has 4 N–H and O–H groups in total. The lowest BCUT2D eigenvalue weighted by Gasteiger charge is -2.13. The molecule has 0 aliphatic heterocycles. The van der Waals surface area contributed by atoms with Gasteiger partial charge in [0.15, 0.2) is 0 Å². The van der Waals surface area contributed by atoms with Crippen molar-refractivity contribution in [3.05, 3.63) is 48.6 Å². The van der Waals surface area contributed by atoms with Gasteiger partial charge in [-0.05, 0) is 19.3 Å². The second kappa shape index (κ2) is 15.8. The van der Waals surface area contributed by atoms with Crippen molar-refractivity contribution >= 4 is 5.97 Å². The zero-order valence-electron chi connectivity index (χ0n) is 15.0. The number of hydrogen-bond donors (Lipinski definition) is 4. The van der Waals surface area contributed by atoms with E-state index in [4.69, 9.17) is 5.11 Å². The van der Waals surface area contributed by atoms with Gasteiger partial charge in [-0.15, -0.1) is 0 Å². The van der Waals surface area contributed by atoms with Crippen LogP contribution in [0.4, 0.5) is 0 Å². The molecule has 0 aliphatic carbocycles. The standard InChI is InChI=1S/C20H32O5/c1-2-3-8-12-17(21)13-9-6-4-5-7-10-14-18(22)19(23)15-11-16-20(24)25/h4-7,9-10,13-14,17-19,21-23H,2-3,8,11-12,15-16H2,1H3,(H,24,25)/b6-4+,7-5-,13-9-,14-10-/t17-,18-,19-/m1/s1. The van der Waals surface area contributed by atoms with Gasteiger partial charge in [-0.3, -0.25) is 4.79 Å². The van der Waals surface area contributed by atoms with Crippen molar-refractivity contribution in [3.8, 4) is 0 Å². The van der Waals surface area contributed by atoms with Crippen molar-refractivity contribution in [3.63, 3.8) is 0 Å². The predicted molar refractivity (Wildman–Crippen MR) is 100 cm³/mol. The minimum absolute atomic E-state index is 0.0149. The molecule has 0 bridgehead atoms. The molecule has 0 aliphatic rings. The molecule has 0 amide bonds. The van der Waals surface area contributed by atoms with Gasteiger partial charge in [0.2, 0.25) is 0 Å². The largest absolute Gasteiger partial charge is 0.481 e. The number of rotatable bonds is 14. The Morgan fingerprint density at radius 2 is 1.44 bits per heavy atom. The van der Waals surface area contributed by atoms with Crippen LogP contribution in [0, 0.1) is 0 Å². The minimum Gasteiger partial charge on any atom is -0.481 e. The lowest BCUT2D eigenvalue weighted by Crippen LogP contribution is -2.23. The Labute approximate surface area is 150 Å². The fourth-order valence-electron chi connectivity index (χ4n) is 2.09. The summed E-state index contributed by atoms with van der Waals surface area (Å²) in [5.41, 5.74) is 0. The van der Waals surface area contributed by atoms with Gasteiger partial charge in [0.25, 0.3) is 0 Å². The number of aliphatic hydroxyl groups is 3. The normalized spacial score (nSPS) is 16.3. The van der Waals surface area contributed by atoms with E-state index in [0.29, 0.717) is 6.42 Å². The Hall–Kier alpha value is -1.69. The number of aliphatic hydroxyl groups excluding tert-OH is 3. The van der Waals surface area contributed by atoms with Crippen LogP contribution in [0.1, 0.15) is 51.9 Å². The maximum absolute atomic E-state index is 10.4. The third kappa shape index (κ3) is 15.6. The summed E-state index contributed by atoms with van der Waals surface area (Å²) in [5, 5.41) is 37.6. The summed E-state index contributed by atoms with van der Waals surface area (Å²) in [5.74, 6) is -0.908. The van der Waals surface area contributed by atoms with Crippen LogP contribution in [0.25, 0.3) is 0 Å². The molecule has 0 aromatic carbocycles. The van der Waals surface area contributed by atoms with E-state index in [2.05, 4.69) is 6.92 Å². The lowest BCUT2D eigenvalue weighted by atomic mass is 10.1. The maximum atomic E-state index is 10.4. The van der Waals surface area contributed by atoms with Crippen molar-refractivity contribution in [2.75, 3.05) is 0 Å². The summed E-state index contributed by atoms with van der Waals surface area (Å²) < 4.78 is 0. The summed E-state index contributed by atoms with van der Waals surface area (Å²) in [7, 11) is 0. The van der Waals surface area contributed by atoms with E-state index in [1.54, 1.807) is 36.5 Å². The fraction of sp³-hybridized carbons (Fsp3) is 0.550. The Balaban J connectivity index is 3.97. The Morgan fingerprint density at radius 1 is 0.840 bits per heavy atom. The molecule has 0 rings (SSSR count). The number of carbonyl (C=O) groups is 1. The quantitative estimate of drug-likeness (QED) is 0.284. The number of aliphatic carboxylic acids is 1. The highest BCUT2D eigenvalue weighted by Gasteiger charge is 2.12. The van der Waals surface area contributed by atoms with Gasteiger partial charge in [-0.1, -0.05) is 74.8 Å². The van der Waals surface area contributed by atoms with Gasteiger partial charge in [0.1, 0.15) is 0 Å². The Bertz CT molecular complexity index is 451. The third-order valence-corrected chi connectivity index (χ3v) is 3.59. The van der Waals surface area contributed by atoms with Gasteiger partial charge in [0.05, 0.1) is 18.3 Å². The molecule has 0 heterocycles. The molecule has 142 valence electrons. The van der Waals surface area contributed by atoms with Crippen LogP contribution in [0.15, 0.2) is 48.6 Å². The van der Waals surface area contributed by atoms with Gasteiger partial charge in [-0.2, -0.15) is 0 Å². The van der Waals surface area contributed by atoms with Crippen molar-refractivity contribution in [1.82, 2.24) is 0 Å². The summed E-state index contributed by atoms with van der Waals surface area (Å²) in [6.45, 7) is 2.13. The molecule has 3 atom stereocenters. The summed E-state index contributed by atoms with van der Waals surface area (Å²) in [4.78, 5) is 10.4. The molecule has 0 aromatic heterocycles. The first-order valence-electron chi connectivity index (χ1n) is 8.91. The summed E-state index contributed by atoms with van der Waals surface area (Å²) in [6.07, 6.45) is 16.0. The molecular formula is C20H32O5. The number of unbranched alkanes of at least 4 members (excludes halogenated alkanes) is 2. The first-order chi connectivity index (χ1) is 12.0. The molecule has 0 unspecified atom stereocenters. The second-order valence-corrected chi connectivity index (χ2v) is 5.95. The van der Waals surface area contributed by atoms with Crippen molar-refractivity contribution in [1.29, 1.82) is 0 Å². The molecule has 5 heteroatoms. The highest BCUT2D eigenvalue weighted by atomic mass is 16.4. The monoisotopic (exact) mass is 352 g/mol. The second-order valence-electron chi connectivity index (χ2n) is 5.95. The van der Waals surface area contributed by atoms with Gasteiger partial charge < -0.3 is 20.4 Å². The van der Waals surface area contributed by atoms with Crippen LogP contribution < -0.4 is 0 Å². The molecule has 0 aromatic rings. The number of allylic oxidation sites excluding steroid dienone is 6. The first kappa shape index (κ1) is 23.3. The maximum Gasteiger partial charge on any atom is 0.303 e. The van der Waals surface area contributed by atoms with E-state index in [9.17, 15) is 20.1 Å². The Kier molecular flexibility index (Phi) is 14.7. The first-order valence-corrected chi connectivity index (χ1v) is 8.91. The van der Waals surface area contributed by atoms with Gasteiger partial charge in [-0.25, -0.2) is 0 Å². The molecule has 0 radical (unpaired) electrons. The minimum atomic E-state index is -1.01. The van der Waals surface area contributed by atoms with E-state index in [0.717, 1.165) is 25.7 Å². The van der Waals surface area contributed by atoms with Crippen LogP contribution in [-0.4, -0.2) is 44.7 Å². The highest BCUT2D eigenvalue weighted by Crippen LogP contribution is 2.06. The van der Waals surface area contributed by atoms with Gasteiger partial charge in [0, 0.05) is 6.42 Å². The molecular weight excluding hydrogens is 320 g/mol. The third-order valence-electron chi connectivity index (χ3n) is 3.59. The van der Waals surface area contributed by atoms with Crippen LogP contribution in [0.3, 0.4) is 0 Å². The Morgan fingerprint density at radius 3 is 2.04 bits per heavy atom. The molecule has 25 heavy (non-hydrogen) atoms. The van der Waals surface area contributed by atoms with E-state index in [1.165, 1.54) is 6.08 Å². The molecule has 0 saturated carbocycles. The molecule has 0 fully saturated rings. The van der Waals surface area contributed by atoms with E-state index in [-0.39, 0.29) is 12.8 Å². The van der Waals surface area contributed by atoms with Crippen molar-refractivity contribution in [2.45, 2.75) is 70.2 Å². The number of carboxylic acids is 1. The summed E-state index contributed by atoms with van der Waals surface area (Å²) >= 11 is 0. The highest BCUT2D eigenvalue weighted by molar-refractivity contribution is 5.66. The fourth-order valence-corrected chi connectivity index (χ4v) is 2.09. The number of carboxylic acid groups (broad SMARTS) is 1. The van der Waals surface area contributed by atoms with Crippen molar-refractivity contribution in [2.24, 2.45) is 0 Å². The van der Waals surface area contributed by atoms with E-state index >= 15 is 0 Å². The average molecular weight is 352 g/mol. The SMILES string of the molecule is CCCCC[C@@H](O)\C=C/C=C/C=C\C=C/[C@@H](O)[C@H](O)CCCC(=O)O. The van der Waals surface area contributed by atoms with E-state index in [1.807, 2.05) is 6.08 Å². The van der Waals surface area contributed by atoms with Crippen LogP contribution in [-0.2, 0) is 4.79 Å². The van der Waals surface area contributed by atoms with Crippen LogP contribution in [0.5, 0.6) is 0 Å². The topological polar surface area (TPSA) is 98.0 Å². The van der Waals surface area contributed by atoms with Crippen LogP contribution in [0.2, 0.25) is 0 Å². The zero-order chi connectivity index (χ0) is 18.9. The lowest BCUT2D eigenvalue weighted by molar-refractivity contribution is -0.137. The van der Waals surface area contributed by atoms with Crippen LogP contribution >= 0.6 is 0 Å². The average Bonchev–Trinajstić information content (AvgIpc) is 2.56. The smallest absolute Gasteiger partial charge is 0.303 e. The summed E-state index contributed by atoms with van der Waals surface area (Å²) in [6, 6.07) is 0. The molecule has 5 nitrogen and oxygen atoms in total. The predicted octanol–water partition coefficient (Wildman–Crippen LogP) is 3.13. The number of hydrogen-bond acceptors (Lipinski definition) is 4. The van der Waals surface area contributed by atoms with Gasteiger partial charge >= 0.3 is 5.97 Å². The molecule has 0 spiro atoms.